The van der Waals surface area contributed by atoms with Gasteiger partial charge >= 0.3 is 12.1 Å². The molecule has 0 saturated carbocycles. The van der Waals surface area contributed by atoms with Crippen LogP contribution in [0.1, 0.15) is 35.5 Å². The molecule has 0 aliphatic carbocycles. The Morgan fingerprint density at radius 1 is 0.895 bits per heavy atom. The van der Waals surface area contributed by atoms with Gasteiger partial charge in [0.1, 0.15) is 5.82 Å². The first-order chi connectivity index (χ1) is 18.1. The van der Waals surface area contributed by atoms with Crippen LogP contribution in [0.5, 0.6) is 0 Å². The molecule has 4 heterocycles. The van der Waals surface area contributed by atoms with E-state index in [1.807, 2.05) is 4.90 Å². The van der Waals surface area contributed by atoms with Crippen molar-refractivity contribution in [1.29, 1.82) is 0 Å². The van der Waals surface area contributed by atoms with Gasteiger partial charge < -0.3 is 14.3 Å². The number of rotatable bonds is 5. The fraction of sp³-hybridized carbons (Fsp3) is 0.417. The number of amides is 1. The second-order valence-electron chi connectivity index (χ2n) is 9.09. The van der Waals surface area contributed by atoms with E-state index in [4.69, 9.17) is 0 Å². The van der Waals surface area contributed by atoms with E-state index in [1.165, 1.54) is 22.6 Å². The molecule has 2 fully saturated rings. The van der Waals surface area contributed by atoms with Crippen LogP contribution in [-0.4, -0.2) is 77.9 Å². The smallest absolute Gasteiger partial charge is 0.353 e. The van der Waals surface area contributed by atoms with Crippen molar-refractivity contribution < 1.29 is 30.9 Å². The molecule has 5 rings (SSSR count). The Morgan fingerprint density at radius 2 is 1.58 bits per heavy atom. The number of halogens is 3. The van der Waals surface area contributed by atoms with Crippen LogP contribution >= 0.6 is 0 Å². The maximum Gasteiger partial charge on any atom is 0.471 e. The minimum absolute atomic E-state index is 0.186. The normalized spacial score (nSPS) is 17.6. The monoisotopic (exact) mass is 550 g/mol. The summed E-state index contributed by atoms with van der Waals surface area (Å²) in [5, 5.41) is 3.36. The minimum Gasteiger partial charge on any atom is -0.353 e. The van der Waals surface area contributed by atoms with Crippen molar-refractivity contribution in [2.24, 2.45) is 0 Å². The molecule has 2 aliphatic heterocycles. The number of carbonyl (C=O) groups excluding carboxylic acids is 1. The van der Waals surface area contributed by atoms with E-state index in [1.54, 1.807) is 29.2 Å². The van der Waals surface area contributed by atoms with Gasteiger partial charge in [-0.2, -0.15) is 22.5 Å². The summed E-state index contributed by atoms with van der Waals surface area (Å²) in [4.78, 5) is 24.5. The number of alkyl halides is 3. The molecular formula is C24H25F3N6O4S. The van der Waals surface area contributed by atoms with Gasteiger partial charge in [-0.25, -0.2) is 13.4 Å². The summed E-state index contributed by atoms with van der Waals surface area (Å²) in [5.41, 5.74) is 0.699. The summed E-state index contributed by atoms with van der Waals surface area (Å²) in [7, 11) is -3.56. The largest absolute Gasteiger partial charge is 0.471 e. The summed E-state index contributed by atoms with van der Waals surface area (Å²) in [5.74, 6) is -1.21. The Bertz CT molecular complexity index is 1380. The lowest BCUT2D eigenvalue weighted by Crippen LogP contribution is -2.49. The number of aromatic nitrogens is 3. The highest BCUT2D eigenvalue weighted by Crippen LogP contribution is 2.29. The summed E-state index contributed by atoms with van der Waals surface area (Å²) >= 11 is 0. The highest BCUT2D eigenvalue weighted by molar-refractivity contribution is 7.89. The topological polar surface area (TPSA) is 113 Å². The van der Waals surface area contributed by atoms with Gasteiger partial charge in [-0.05, 0) is 49.2 Å². The Hall–Kier alpha value is -3.52. The highest BCUT2D eigenvalue weighted by Gasteiger charge is 2.38. The summed E-state index contributed by atoms with van der Waals surface area (Å²) < 4.78 is 69.5. The number of carbonyl (C=O) groups is 1. The first-order valence-electron chi connectivity index (χ1n) is 12.1. The zero-order valence-corrected chi connectivity index (χ0v) is 21.1. The van der Waals surface area contributed by atoms with E-state index in [2.05, 4.69) is 19.6 Å². The molecule has 0 bridgehead atoms. The van der Waals surface area contributed by atoms with Crippen LogP contribution < -0.4 is 4.90 Å². The second-order valence-corrected chi connectivity index (χ2v) is 11.0. The molecule has 3 aromatic rings. The van der Waals surface area contributed by atoms with Gasteiger partial charge in [0.15, 0.2) is 0 Å². The number of hydrogen-bond donors (Lipinski definition) is 0. The Morgan fingerprint density at radius 3 is 2.16 bits per heavy atom. The summed E-state index contributed by atoms with van der Waals surface area (Å²) in [6.45, 7) is 2.88. The van der Waals surface area contributed by atoms with E-state index < -0.39 is 22.1 Å². The number of pyridine rings is 1. The lowest BCUT2D eigenvalue weighted by atomic mass is 10.2. The first-order valence-corrected chi connectivity index (χ1v) is 13.6. The van der Waals surface area contributed by atoms with Crippen LogP contribution in [0.25, 0.3) is 11.4 Å². The predicted octanol–water partition coefficient (Wildman–Crippen LogP) is 3.29. The molecule has 0 radical (unpaired) electrons. The molecule has 0 atom stereocenters. The molecule has 2 saturated heterocycles. The molecule has 2 aromatic heterocycles. The van der Waals surface area contributed by atoms with Gasteiger partial charge in [-0.3, -0.25) is 4.79 Å². The number of piperidine rings is 1. The van der Waals surface area contributed by atoms with Crippen LogP contribution in [0.15, 0.2) is 52.0 Å². The number of sulfonamides is 1. The van der Waals surface area contributed by atoms with Gasteiger partial charge in [-0.15, -0.1) is 0 Å². The van der Waals surface area contributed by atoms with Crippen LogP contribution in [0.2, 0.25) is 0 Å². The third kappa shape index (κ3) is 5.36. The lowest BCUT2D eigenvalue weighted by Gasteiger charge is -2.35. The van der Waals surface area contributed by atoms with Crippen molar-refractivity contribution in [3.8, 4) is 11.4 Å². The number of benzene rings is 1. The van der Waals surface area contributed by atoms with E-state index >= 15 is 0 Å². The quantitative estimate of drug-likeness (QED) is 0.476. The minimum atomic E-state index is -4.72. The van der Waals surface area contributed by atoms with E-state index in [0.29, 0.717) is 50.6 Å². The molecule has 1 aromatic carbocycles. The fourth-order valence-electron chi connectivity index (χ4n) is 4.51. The molecule has 1 amide bonds. The predicted molar refractivity (Wildman–Crippen MR) is 130 cm³/mol. The zero-order valence-electron chi connectivity index (χ0n) is 20.3. The number of piperazine rings is 1. The molecule has 2 aliphatic rings. The second kappa shape index (κ2) is 10.3. The van der Waals surface area contributed by atoms with Crippen LogP contribution in [-0.2, 0) is 16.2 Å². The number of hydrogen-bond acceptors (Lipinski definition) is 8. The Balaban J connectivity index is 1.18. The Labute approximate surface area is 217 Å². The average molecular weight is 551 g/mol. The van der Waals surface area contributed by atoms with Gasteiger partial charge in [0.2, 0.25) is 15.8 Å². The maximum atomic E-state index is 13.0. The first kappa shape index (κ1) is 26.1. The molecular weight excluding hydrogens is 525 g/mol. The van der Waals surface area contributed by atoms with Gasteiger partial charge in [0.25, 0.3) is 5.91 Å². The zero-order chi connectivity index (χ0) is 26.9. The van der Waals surface area contributed by atoms with E-state index in [0.717, 1.165) is 19.3 Å². The molecule has 0 unspecified atom stereocenters. The Kier molecular flexibility index (Phi) is 7.09. The van der Waals surface area contributed by atoms with Crippen LogP contribution in [0.4, 0.5) is 19.0 Å². The third-order valence-electron chi connectivity index (χ3n) is 6.62. The van der Waals surface area contributed by atoms with E-state index in [-0.39, 0.29) is 22.2 Å². The lowest BCUT2D eigenvalue weighted by molar-refractivity contribution is -0.159. The van der Waals surface area contributed by atoms with Crippen LogP contribution in [0.3, 0.4) is 0 Å². The van der Waals surface area contributed by atoms with E-state index in [9.17, 15) is 26.4 Å². The molecule has 0 N–H and O–H groups in total. The molecule has 0 spiro atoms. The van der Waals surface area contributed by atoms with Crippen LogP contribution in [0, 0.1) is 0 Å². The SMILES string of the molecule is O=C(c1ccc(S(=O)(=O)N2CCCCC2)cc1)N1CCN(c2ccc(-c3noc(C(F)(F)F)n3)cn2)CC1. The molecule has 10 nitrogen and oxygen atoms in total. The van der Waals surface area contributed by atoms with Crippen molar-refractivity contribution in [3.63, 3.8) is 0 Å². The molecule has 202 valence electrons. The maximum absolute atomic E-state index is 13.0. The fourth-order valence-corrected chi connectivity index (χ4v) is 6.02. The molecule has 38 heavy (non-hydrogen) atoms. The number of nitrogens with zero attached hydrogens (tertiary/aromatic N) is 6. The van der Waals surface area contributed by atoms with Crippen molar-refractivity contribution in [1.82, 2.24) is 24.3 Å². The standard InChI is InChI=1S/C24H25F3N6O4S/c25-24(26,27)23-29-21(30-37-23)18-6-9-20(28-16-18)31-12-14-32(15-13-31)22(34)17-4-7-19(8-5-17)38(35,36)33-10-2-1-3-11-33/h4-9,16H,1-3,10-15H2. The third-order valence-corrected chi connectivity index (χ3v) is 8.53. The van der Waals surface area contributed by atoms with Crippen molar-refractivity contribution in [2.75, 3.05) is 44.2 Å². The number of anilines is 1. The summed E-state index contributed by atoms with van der Waals surface area (Å²) in [6, 6.07) is 9.28. The average Bonchev–Trinajstić information content (AvgIpc) is 3.45. The van der Waals surface area contributed by atoms with Gasteiger partial charge in [-0.1, -0.05) is 11.6 Å². The van der Waals surface area contributed by atoms with Crippen molar-refractivity contribution in [3.05, 3.63) is 54.0 Å². The summed E-state index contributed by atoms with van der Waals surface area (Å²) in [6.07, 6.45) is -0.619. The highest BCUT2D eigenvalue weighted by atomic mass is 32.2. The van der Waals surface area contributed by atoms with Crippen molar-refractivity contribution in [2.45, 2.75) is 30.3 Å². The van der Waals surface area contributed by atoms with Gasteiger partial charge in [0.05, 0.1) is 4.90 Å². The van der Waals surface area contributed by atoms with Gasteiger partial charge in [0, 0.05) is 56.6 Å². The van der Waals surface area contributed by atoms with Crippen molar-refractivity contribution >= 4 is 21.7 Å². The molecule has 14 heteroatoms.